The summed E-state index contributed by atoms with van der Waals surface area (Å²) in [5, 5.41) is 0.551. The van der Waals surface area contributed by atoms with Gasteiger partial charge >= 0.3 is 0 Å². The first kappa shape index (κ1) is 12.3. The van der Waals surface area contributed by atoms with Crippen LogP contribution in [0.3, 0.4) is 0 Å². The Bertz CT molecular complexity index is 431. The number of nitrogen functional groups attached to an aromatic ring is 1. The maximum Gasteiger partial charge on any atom is 0.281 e. The van der Waals surface area contributed by atoms with Crippen LogP contribution in [0.25, 0.3) is 0 Å². The maximum atomic E-state index is 11.6. The molecule has 2 N–H and O–H groups in total. The molecule has 0 heterocycles. The van der Waals surface area contributed by atoms with Gasteiger partial charge in [-0.05, 0) is 42.5 Å². The Hall–Kier alpha value is -1.16. The normalized spacial score (nSPS) is 18.6. The fourth-order valence-electron chi connectivity index (χ4n) is 2.09. The Kier molecular flexibility index (Phi) is 3.62. The summed E-state index contributed by atoms with van der Waals surface area (Å²) < 4.78 is 0. The summed E-state index contributed by atoms with van der Waals surface area (Å²) in [5.74, 6) is 0. The lowest BCUT2D eigenvalue weighted by atomic mass is 9.91. The molecule has 1 aliphatic rings. The molecule has 1 atom stereocenters. The molecule has 0 spiro atoms. The van der Waals surface area contributed by atoms with Crippen LogP contribution in [-0.4, -0.2) is 29.5 Å². The van der Waals surface area contributed by atoms with Gasteiger partial charge in [-0.25, -0.2) is 0 Å². The van der Waals surface area contributed by atoms with Crippen molar-refractivity contribution < 1.29 is 4.79 Å². The van der Waals surface area contributed by atoms with Gasteiger partial charge < -0.3 is 10.6 Å². The summed E-state index contributed by atoms with van der Waals surface area (Å²) in [6.45, 7) is 0. The van der Waals surface area contributed by atoms with E-state index in [0.29, 0.717) is 5.25 Å². The van der Waals surface area contributed by atoms with E-state index in [0.717, 1.165) is 24.9 Å². The first-order valence-electron chi connectivity index (χ1n) is 5.81. The van der Waals surface area contributed by atoms with Crippen molar-refractivity contribution in [2.75, 3.05) is 19.8 Å². The highest BCUT2D eigenvalue weighted by Gasteiger charge is 2.22. The van der Waals surface area contributed by atoms with Crippen molar-refractivity contribution in [3.05, 3.63) is 29.3 Å². The Morgan fingerprint density at radius 2 is 2.18 bits per heavy atom. The number of fused-ring (bicyclic) bond motifs is 1. The standard InChI is InChI=1S/C13H18N2OS/c1-15(2)13(16)17-12-6-4-9-7-11(14)5-3-10(9)8-12/h3,5,7,12H,4,6,8,14H2,1-2H3. The van der Waals surface area contributed by atoms with Gasteiger partial charge in [-0.2, -0.15) is 0 Å². The molecular formula is C13H18N2OS. The molecule has 0 bridgehead atoms. The van der Waals surface area contributed by atoms with Crippen molar-refractivity contribution >= 4 is 22.7 Å². The number of carbonyl (C=O) groups excluding carboxylic acids is 1. The smallest absolute Gasteiger partial charge is 0.281 e. The first-order valence-corrected chi connectivity index (χ1v) is 6.69. The number of carbonyl (C=O) groups is 1. The average molecular weight is 250 g/mol. The summed E-state index contributed by atoms with van der Waals surface area (Å²) in [7, 11) is 3.60. The van der Waals surface area contributed by atoms with Crippen LogP contribution in [0.15, 0.2) is 18.2 Å². The number of rotatable bonds is 1. The number of anilines is 1. The number of amides is 1. The fraction of sp³-hybridized carbons (Fsp3) is 0.462. The van der Waals surface area contributed by atoms with Gasteiger partial charge in [-0.1, -0.05) is 17.8 Å². The SMILES string of the molecule is CN(C)C(=O)SC1CCc2cc(N)ccc2C1. The third-order valence-electron chi connectivity index (χ3n) is 3.05. The van der Waals surface area contributed by atoms with Gasteiger partial charge in [0, 0.05) is 25.0 Å². The predicted molar refractivity (Wildman–Crippen MR) is 73.3 cm³/mol. The second-order valence-electron chi connectivity index (χ2n) is 4.67. The van der Waals surface area contributed by atoms with Gasteiger partial charge in [0.15, 0.2) is 0 Å². The second kappa shape index (κ2) is 5.00. The molecule has 0 saturated heterocycles. The zero-order chi connectivity index (χ0) is 12.4. The van der Waals surface area contributed by atoms with Gasteiger partial charge in [0.25, 0.3) is 5.24 Å². The number of nitrogens with two attached hydrogens (primary N) is 1. The number of hydrogen-bond acceptors (Lipinski definition) is 3. The van der Waals surface area contributed by atoms with E-state index in [1.165, 1.54) is 22.9 Å². The summed E-state index contributed by atoms with van der Waals surface area (Å²) in [5.41, 5.74) is 9.29. The molecule has 1 unspecified atom stereocenters. The van der Waals surface area contributed by atoms with E-state index >= 15 is 0 Å². The highest BCUT2D eigenvalue weighted by Crippen LogP contribution is 2.30. The monoisotopic (exact) mass is 250 g/mol. The molecular weight excluding hydrogens is 232 g/mol. The molecule has 4 heteroatoms. The molecule has 1 aliphatic carbocycles. The van der Waals surface area contributed by atoms with Crippen LogP contribution in [0, 0.1) is 0 Å². The molecule has 0 aliphatic heterocycles. The largest absolute Gasteiger partial charge is 0.399 e. The van der Waals surface area contributed by atoms with E-state index in [1.807, 2.05) is 6.07 Å². The topological polar surface area (TPSA) is 46.3 Å². The number of hydrogen-bond donors (Lipinski definition) is 1. The minimum Gasteiger partial charge on any atom is -0.399 e. The van der Waals surface area contributed by atoms with Crippen molar-refractivity contribution in [3.8, 4) is 0 Å². The Morgan fingerprint density at radius 1 is 1.41 bits per heavy atom. The van der Waals surface area contributed by atoms with Gasteiger partial charge in [0.05, 0.1) is 0 Å². The van der Waals surface area contributed by atoms with Gasteiger partial charge in [-0.3, -0.25) is 4.79 Å². The van der Waals surface area contributed by atoms with Crippen molar-refractivity contribution in [2.24, 2.45) is 0 Å². The van der Waals surface area contributed by atoms with E-state index < -0.39 is 0 Å². The lowest BCUT2D eigenvalue weighted by Crippen LogP contribution is -2.23. The zero-order valence-electron chi connectivity index (χ0n) is 10.3. The van der Waals surface area contributed by atoms with Crippen LogP contribution >= 0.6 is 11.8 Å². The lowest BCUT2D eigenvalue weighted by molar-refractivity contribution is 0.241. The van der Waals surface area contributed by atoms with Crippen LogP contribution in [0.5, 0.6) is 0 Å². The minimum absolute atomic E-state index is 0.147. The van der Waals surface area contributed by atoms with Crippen LogP contribution < -0.4 is 5.73 Å². The molecule has 0 aromatic heterocycles. The van der Waals surface area contributed by atoms with Crippen LogP contribution in [0.2, 0.25) is 0 Å². The molecule has 0 radical (unpaired) electrons. The zero-order valence-corrected chi connectivity index (χ0v) is 11.1. The molecule has 0 saturated carbocycles. The third-order valence-corrected chi connectivity index (χ3v) is 4.35. The maximum absolute atomic E-state index is 11.6. The van der Waals surface area contributed by atoms with Crippen molar-refractivity contribution in [3.63, 3.8) is 0 Å². The molecule has 3 nitrogen and oxygen atoms in total. The first-order chi connectivity index (χ1) is 8.06. The molecule has 17 heavy (non-hydrogen) atoms. The van der Waals surface area contributed by atoms with E-state index in [1.54, 1.807) is 19.0 Å². The number of nitrogens with zero attached hydrogens (tertiary/aromatic N) is 1. The summed E-state index contributed by atoms with van der Waals surface area (Å²) in [4.78, 5) is 13.3. The third kappa shape index (κ3) is 2.94. The molecule has 1 aromatic rings. The van der Waals surface area contributed by atoms with E-state index in [2.05, 4.69) is 12.1 Å². The average Bonchev–Trinajstić information content (AvgIpc) is 2.29. The van der Waals surface area contributed by atoms with E-state index in [-0.39, 0.29) is 5.24 Å². The molecule has 2 rings (SSSR count). The van der Waals surface area contributed by atoms with Crippen LogP contribution in [0.1, 0.15) is 17.5 Å². The summed E-state index contributed by atoms with van der Waals surface area (Å²) in [6.07, 6.45) is 3.05. The second-order valence-corrected chi connectivity index (χ2v) is 5.92. The van der Waals surface area contributed by atoms with E-state index in [4.69, 9.17) is 5.73 Å². The molecule has 1 amide bonds. The molecule has 0 fully saturated rings. The highest BCUT2D eigenvalue weighted by molar-refractivity contribution is 8.14. The number of thioether (sulfide) groups is 1. The van der Waals surface area contributed by atoms with Gasteiger partial charge in [-0.15, -0.1) is 0 Å². The molecule has 1 aromatic carbocycles. The Labute approximate surface area is 106 Å². The Morgan fingerprint density at radius 3 is 2.88 bits per heavy atom. The number of aryl methyl sites for hydroxylation is 1. The quantitative estimate of drug-likeness (QED) is 0.779. The van der Waals surface area contributed by atoms with E-state index in [9.17, 15) is 4.79 Å². The number of benzene rings is 1. The van der Waals surface area contributed by atoms with Gasteiger partial charge in [0.2, 0.25) is 0 Å². The summed E-state index contributed by atoms with van der Waals surface area (Å²) >= 11 is 1.45. The Balaban J connectivity index is 2.04. The summed E-state index contributed by atoms with van der Waals surface area (Å²) in [6, 6.07) is 6.10. The van der Waals surface area contributed by atoms with Crippen molar-refractivity contribution in [2.45, 2.75) is 24.5 Å². The minimum atomic E-state index is 0.147. The predicted octanol–water partition coefficient (Wildman–Crippen LogP) is 2.54. The molecule has 92 valence electrons. The lowest BCUT2D eigenvalue weighted by Gasteiger charge is -2.24. The van der Waals surface area contributed by atoms with Crippen LogP contribution in [0.4, 0.5) is 10.5 Å². The van der Waals surface area contributed by atoms with Crippen molar-refractivity contribution in [1.82, 2.24) is 4.90 Å². The van der Waals surface area contributed by atoms with Crippen molar-refractivity contribution in [1.29, 1.82) is 0 Å². The van der Waals surface area contributed by atoms with Gasteiger partial charge in [0.1, 0.15) is 0 Å². The fourth-order valence-corrected chi connectivity index (χ4v) is 3.08. The van der Waals surface area contributed by atoms with Crippen LogP contribution in [-0.2, 0) is 12.8 Å². The highest BCUT2D eigenvalue weighted by atomic mass is 32.2.